The number of pyridine rings is 2. The minimum absolute atomic E-state index is 0.123. The molecule has 18 nitrogen and oxygen atoms in total. The smallest absolute Gasteiger partial charge is 0.227 e. The van der Waals surface area contributed by atoms with E-state index in [0.717, 1.165) is 134 Å². The summed E-state index contributed by atoms with van der Waals surface area (Å²) in [6.45, 7) is 24.5. The molecule has 0 amide bonds. The number of rotatable bonds is 6. The first kappa shape index (κ1) is 60.7. The Morgan fingerprint density at radius 1 is 0.350 bits per heavy atom. The Kier molecular flexibility index (Phi) is 15.0. The average molecular weight is 1330 g/mol. The molecule has 4 aliphatic rings. The first-order valence-corrected chi connectivity index (χ1v) is 34.0. The molecule has 15 aromatic rings. The summed E-state index contributed by atoms with van der Waals surface area (Å²) in [5.41, 5.74) is 17.9. The number of aryl methyl sites for hydroxylation is 4. The maximum absolute atomic E-state index is 8.66. The number of nitrogens with zero attached hydrogens (tertiary/aromatic N) is 14. The second kappa shape index (κ2) is 24.7. The number of hydrogen-bond donors (Lipinski definition) is 0. The van der Waals surface area contributed by atoms with Crippen LogP contribution in [0.4, 0.5) is 57.4 Å². The van der Waals surface area contributed by atoms with Crippen LogP contribution in [0.5, 0.6) is 0 Å². The van der Waals surface area contributed by atoms with E-state index in [0.29, 0.717) is 11.4 Å². The van der Waals surface area contributed by atoms with Crippen LogP contribution < -0.4 is 34.3 Å². The van der Waals surface area contributed by atoms with Gasteiger partial charge >= 0.3 is 0 Å². The first-order valence-electron chi connectivity index (χ1n) is 35.0. The van der Waals surface area contributed by atoms with E-state index in [2.05, 4.69) is 238 Å². The number of para-hydroxylation sites is 4. The van der Waals surface area contributed by atoms with Crippen molar-refractivity contribution in [2.75, 3.05) is 48.4 Å². The molecule has 502 valence electrons. The minimum atomic E-state index is -0.839. The Hall–Kier alpha value is -11.7. The molecule has 0 aliphatic carbocycles. The third-order valence-electron chi connectivity index (χ3n) is 20.2. The van der Waals surface area contributed by atoms with Gasteiger partial charge < -0.3 is 47.1 Å². The van der Waals surface area contributed by atoms with Gasteiger partial charge in [-0.15, -0.1) is 0 Å². The maximum atomic E-state index is 8.66. The Balaban J connectivity index is 0.000000106. The second-order valence-corrected chi connectivity index (χ2v) is 26.7. The number of benzene rings is 7. The van der Waals surface area contributed by atoms with E-state index in [1.807, 2.05) is 86.0 Å². The maximum Gasteiger partial charge on any atom is 0.227 e. The van der Waals surface area contributed by atoms with Crippen molar-refractivity contribution in [1.82, 2.24) is 34.8 Å². The zero-order valence-corrected chi connectivity index (χ0v) is 58.7. The molecule has 7 aromatic carbocycles. The molecule has 18 heteroatoms. The minimum Gasteiger partial charge on any atom is -0.454 e. The number of fused-ring (bicyclic) bond motifs is 15. The van der Waals surface area contributed by atoms with E-state index in [1.165, 1.54) is 22.5 Å². The quantitative estimate of drug-likeness (QED) is 0.155. The van der Waals surface area contributed by atoms with Crippen molar-refractivity contribution < 1.29 is 20.4 Å². The summed E-state index contributed by atoms with van der Waals surface area (Å²) >= 11 is 0. The van der Waals surface area contributed by atoms with Gasteiger partial charge in [0, 0.05) is 119 Å². The third-order valence-corrected chi connectivity index (χ3v) is 20.2. The molecule has 4 aliphatic heterocycles. The predicted octanol–water partition coefficient (Wildman–Crippen LogP) is 19.9. The molecule has 4 unspecified atom stereocenters. The zero-order chi connectivity index (χ0) is 70.9. The summed E-state index contributed by atoms with van der Waals surface area (Å²) in [5.74, 6) is 2.96. The Labute approximate surface area is 583 Å². The van der Waals surface area contributed by atoms with Crippen molar-refractivity contribution in [3.05, 3.63) is 217 Å². The fourth-order valence-corrected chi connectivity index (χ4v) is 15.2. The Morgan fingerprint density at radius 2 is 0.730 bits per heavy atom. The van der Waals surface area contributed by atoms with Crippen LogP contribution in [0.3, 0.4) is 0 Å². The number of aromatic nitrogens is 6. The SMILES string of the molecule is Cc1ccc2c(oc3ncccc32)c1N1C=CN(C)C1C.Cc1ccc2c(oc3ncccc32)c1N1c2ccccc2N(C)C1C.[2H]C(C)(C)N1c2nccnc2N(c2c(C)ccc3c2oc2ccccc23)C1C.[2H]C(C)(C)N1c2nccnc2N(c2c(C)ccc3c2oc2ccccc23)C1C. The van der Waals surface area contributed by atoms with Crippen LogP contribution in [0.1, 0.15) is 80.4 Å². The Morgan fingerprint density at radius 3 is 1.18 bits per heavy atom. The monoisotopic (exact) mass is 1330 g/mol. The summed E-state index contributed by atoms with van der Waals surface area (Å²) in [5, 5.41) is 8.72. The van der Waals surface area contributed by atoms with E-state index in [1.54, 1.807) is 37.2 Å². The topological polar surface area (TPSA) is 156 Å². The van der Waals surface area contributed by atoms with Crippen molar-refractivity contribution in [2.24, 2.45) is 0 Å². The van der Waals surface area contributed by atoms with Crippen molar-refractivity contribution >= 4 is 145 Å². The highest BCUT2D eigenvalue weighted by Gasteiger charge is 2.42. The highest BCUT2D eigenvalue weighted by Crippen LogP contribution is 2.51. The van der Waals surface area contributed by atoms with Crippen LogP contribution in [0, 0.1) is 27.7 Å². The number of furan rings is 4. The van der Waals surface area contributed by atoms with E-state index < -0.39 is 12.0 Å². The molecule has 8 aromatic heterocycles. The molecule has 0 bridgehead atoms. The average Bonchev–Trinajstić information content (AvgIpc) is 1.58. The lowest BCUT2D eigenvalue weighted by Gasteiger charge is -2.32. The number of hydrogen-bond acceptors (Lipinski definition) is 18. The summed E-state index contributed by atoms with van der Waals surface area (Å²) < 4.78 is 42.2. The largest absolute Gasteiger partial charge is 0.454 e. The number of anilines is 10. The van der Waals surface area contributed by atoms with Crippen LogP contribution in [0.15, 0.2) is 213 Å². The van der Waals surface area contributed by atoms with Gasteiger partial charge in [-0.1, -0.05) is 97.1 Å². The lowest BCUT2D eigenvalue weighted by molar-refractivity contribution is 0.383. The highest BCUT2D eigenvalue weighted by atomic mass is 16.3. The van der Waals surface area contributed by atoms with Gasteiger partial charge in [-0.2, -0.15) is 0 Å². The van der Waals surface area contributed by atoms with E-state index >= 15 is 0 Å². The van der Waals surface area contributed by atoms with Gasteiger partial charge in [-0.05, 0) is 154 Å². The molecule has 0 saturated heterocycles. The molecule has 0 saturated carbocycles. The standard InChI is InChI=1S/2C22H22N4O.C21H19N3O.C17H17N3O/c2*1-13(2)25-15(4)26(22-21(25)23-11-12-24-22)19-14(3)9-10-17-16-7-5-6-8-18(16)27-20(17)19;1-13-10-11-15-16-7-6-12-22-21(16)25-20(15)19(13)24-14(2)23(3)17-8-4-5-9-18(17)24;1-11-6-7-13-14-5-4-8-18-17(14)21-16(13)15(11)20-10-9-19(3)12(20)2/h2*5-13,15H,1-4H3;4-12,14H,1-3H3;4-10,12H,1-3H3/i2*13D;;. The summed E-state index contributed by atoms with van der Waals surface area (Å²) in [6, 6.07) is 48.1. The third kappa shape index (κ3) is 10.0. The summed E-state index contributed by atoms with van der Waals surface area (Å²) in [4.78, 5) is 44.5. The second-order valence-electron chi connectivity index (χ2n) is 26.7. The van der Waals surface area contributed by atoms with Crippen LogP contribution in [0.2, 0.25) is 0 Å². The molecule has 0 spiro atoms. The van der Waals surface area contributed by atoms with E-state index in [-0.39, 0.29) is 24.7 Å². The van der Waals surface area contributed by atoms with Gasteiger partial charge in [0.25, 0.3) is 0 Å². The fraction of sp³-hybridized carbons (Fsp3) is 0.244. The van der Waals surface area contributed by atoms with Gasteiger partial charge in [0.1, 0.15) is 35.8 Å². The molecule has 0 fully saturated rings. The van der Waals surface area contributed by atoms with Gasteiger partial charge in [-0.25, -0.2) is 29.9 Å². The van der Waals surface area contributed by atoms with Gasteiger partial charge in [0.2, 0.25) is 11.4 Å². The lowest BCUT2D eigenvalue weighted by Crippen LogP contribution is -2.42. The van der Waals surface area contributed by atoms with E-state index in [4.69, 9.17) is 20.4 Å². The molecule has 19 rings (SSSR count). The lowest BCUT2D eigenvalue weighted by atomic mass is 10.1. The normalized spacial score (nSPS) is 17.6. The molecular weight excluding hydrogens is 1240 g/mol. The Bertz CT molecular complexity index is 5620. The predicted molar refractivity (Wildman–Crippen MR) is 407 cm³/mol. The van der Waals surface area contributed by atoms with Crippen molar-refractivity contribution in [1.29, 1.82) is 0 Å². The van der Waals surface area contributed by atoms with Crippen LogP contribution in [0.25, 0.3) is 88.0 Å². The van der Waals surface area contributed by atoms with E-state index in [9.17, 15) is 0 Å². The van der Waals surface area contributed by atoms with Crippen molar-refractivity contribution in [3.63, 3.8) is 0 Å². The van der Waals surface area contributed by atoms with Gasteiger partial charge in [0.15, 0.2) is 45.6 Å². The van der Waals surface area contributed by atoms with Gasteiger partial charge in [-0.3, -0.25) is 9.80 Å². The van der Waals surface area contributed by atoms with Crippen molar-refractivity contribution in [3.8, 4) is 0 Å². The van der Waals surface area contributed by atoms with Gasteiger partial charge in [0.05, 0.1) is 36.9 Å². The zero-order valence-electron chi connectivity index (χ0n) is 60.7. The molecular formula is C82H80N14O4. The summed E-state index contributed by atoms with van der Waals surface area (Å²) in [7, 11) is 4.22. The molecule has 100 heavy (non-hydrogen) atoms. The van der Waals surface area contributed by atoms with Crippen molar-refractivity contribution in [2.45, 2.75) is 120 Å². The molecule has 4 atom stereocenters. The molecule has 0 radical (unpaired) electrons. The fourth-order valence-electron chi connectivity index (χ4n) is 15.2. The van der Waals surface area contributed by atoms with Crippen LogP contribution >= 0.6 is 0 Å². The first-order chi connectivity index (χ1) is 49.1. The highest BCUT2D eigenvalue weighted by molar-refractivity contribution is 6.13. The molecule has 12 heterocycles. The summed E-state index contributed by atoms with van der Waals surface area (Å²) in [6.07, 6.45) is 14.7. The molecule has 0 N–H and O–H groups in total. The van der Waals surface area contributed by atoms with Crippen LogP contribution in [-0.4, -0.2) is 85.6 Å². The van der Waals surface area contributed by atoms with Crippen LogP contribution in [-0.2, 0) is 0 Å².